The van der Waals surface area contributed by atoms with Gasteiger partial charge in [-0.3, -0.25) is 10.1 Å². The number of benzene rings is 3. The molecule has 34 heavy (non-hydrogen) atoms. The van der Waals surface area contributed by atoms with Crippen LogP contribution in [0.5, 0.6) is 0 Å². The van der Waals surface area contributed by atoms with Crippen LogP contribution in [0.4, 0.5) is 5.13 Å². The van der Waals surface area contributed by atoms with Crippen molar-refractivity contribution in [1.82, 2.24) is 9.29 Å². The second-order valence-electron chi connectivity index (χ2n) is 7.50. The summed E-state index contributed by atoms with van der Waals surface area (Å²) in [6.07, 6.45) is 0. The summed E-state index contributed by atoms with van der Waals surface area (Å²) in [5.41, 5.74) is 3.14. The van der Waals surface area contributed by atoms with Crippen LogP contribution in [0.2, 0.25) is 0 Å². The van der Waals surface area contributed by atoms with Crippen LogP contribution in [-0.4, -0.2) is 36.7 Å². The number of hydrogen-bond acceptors (Lipinski definition) is 5. The van der Waals surface area contributed by atoms with Crippen LogP contribution >= 0.6 is 11.3 Å². The zero-order chi connectivity index (χ0) is 24.1. The maximum atomic E-state index is 12.9. The lowest BCUT2D eigenvalue weighted by atomic mass is 10.1. The molecule has 0 bridgehead atoms. The predicted octanol–water partition coefficient (Wildman–Crippen LogP) is 5.76. The molecule has 1 amide bonds. The molecule has 1 N–H and O–H groups in total. The number of carbonyl (C=O) groups excluding carboxylic acids is 1. The molecule has 6 nitrogen and oxygen atoms in total. The summed E-state index contributed by atoms with van der Waals surface area (Å²) in [6.45, 7) is 4.37. The highest BCUT2D eigenvalue weighted by molar-refractivity contribution is 7.89. The van der Waals surface area contributed by atoms with Crippen molar-refractivity contribution in [3.8, 4) is 21.7 Å². The van der Waals surface area contributed by atoms with Gasteiger partial charge in [-0.2, -0.15) is 4.31 Å². The Morgan fingerprint density at radius 3 is 1.97 bits per heavy atom. The normalized spacial score (nSPS) is 11.5. The van der Waals surface area contributed by atoms with E-state index in [0.29, 0.717) is 23.8 Å². The number of rotatable bonds is 8. The summed E-state index contributed by atoms with van der Waals surface area (Å²) in [6, 6.07) is 25.7. The van der Waals surface area contributed by atoms with Gasteiger partial charge in [-0.05, 0) is 29.8 Å². The lowest BCUT2D eigenvalue weighted by molar-refractivity contribution is 0.102. The number of nitrogens with zero attached hydrogens (tertiary/aromatic N) is 2. The van der Waals surface area contributed by atoms with E-state index in [1.807, 2.05) is 60.7 Å². The van der Waals surface area contributed by atoms with Crippen molar-refractivity contribution in [2.24, 2.45) is 0 Å². The minimum absolute atomic E-state index is 0.166. The van der Waals surface area contributed by atoms with E-state index in [9.17, 15) is 13.2 Å². The van der Waals surface area contributed by atoms with Crippen molar-refractivity contribution in [3.05, 3.63) is 90.5 Å². The van der Waals surface area contributed by atoms with E-state index in [-0.39, 0.29) is 10.8 Å². The van der Waals surface area contributed by atoms with Crippen molar-refractivity contribution in [1.29, 1.82) is 0 Å². The fourth-order valence-electron chi connectivity index (χ4n) is 3.61. The smallest absolute Gasteiger partial charge is 0.257 e. The van der Waals surface area contributed by atoms with Crippen LogP contribution < -0.4 is 5.32 Å². The first-order chi connectivity index (χ1) is 16.4. The summed E-state index contributed by atoms with van der Waals surface area (Å²) in [5, 5.41) is 3.35. The molecule has 3 aromatic carbocycles. The molecule has 0 unspecified atom stereocenters. The van der Waals surface area contributed by atoms with Gasteiger partial charge in [0.15, 0.2) is 5.13 Å². The lowest BCUT2D eigenvalue weighted by Gasteiger charge is -2.18. The minimum Gasteiger partial charge on any atom is -0.298 e. The van der Waals surface area contributed by atoms with Gasteiger partial charge in [0.2, 0.25) is 10.0 Å². The van der Waals surface area contributed by atoms with E-state index >= 15 is 0 Å². The molecule has 0 aliphatic rings. The first kappa shape index (κ1) is 23.8. The average molecular weight is 492 g/mol. The summed E-state index contributed by atoms with van der Waals surface area (Å²) in [4.78, 5) is 18.7. The first-order valence-corrected chi connectivity index (χ1v) is 13.2. The second kappa shape index (κ2) is 10.3. The molecule has 4 aromatic rings. The second-order valence-corrected chi connectivity index (χ2v) is 10.4. The van der Waals surface area contributed by atoms with Gasteiger partial charge >= 0.3 is 0 Å². The minimum atomic E-state index is -3.57. The summed E-state index contributed by atoms with van der Waals surface area (Å²) in [5.74, 6) is -0.347. The molecule has 8 heteroatoms. The number of aromatic nitrogens is 1. The molecule has 0 atom stereocenters. The monoisotopic (exact) mass is 491 g/mol. The fraction of sp³-hybridized carbons (Fsp3) is 0.154. The van der Waals surface area contributed by atoms with E-state index < -0.39 is 10.0 Å². The highest BCUT2D eigenvalue weighted by Crippen LogP contribution is 2.39. The van der Waals surface area contributed by atoms with Crippen LogP contribution in [0.1, 0.15) is 24.2 Å². The van der Waals surface area contributed by atoms with Crippen LogP contribution in [0.15, 0.2) is 89.8 Å². The van der Waals surface area contributed by atoms with Gasteiger partial charge in [0.25, 0.3) is 5.91 Å². The lowest BCUT2D eigenvalue weighted by Crippen LogP contribution is -2.30. The molecule has 0 spiro atoms. The van der Waals surface area contributed by atoms with Crippen molar-refractivity contribution >= 4 is 32.4 Å². The molecule has 1 heterocycles. The Morgan fingerprint density at radius 1 is 0.853 bits per heavy atom. The average Bonchev–Trinajstić information content (AvgIpc) is 3.29. The molecule has 0 saturated heterocycles. The Bertz CT molecular complexity index is 1310. The van der Waals surface area contributed by atoms with Gasteiger partial charge in [-0.1, -0.05) is 85.8 Å². The highest BCUT2D eigenvalue weighted by atomic mass is 32.2. The van der Waals surface area contributed by atoms with Gasteiger partial charge in [0.05, 0.1) is 15.5 Å². The number of amides is 1. The van der Waals surface area contributed by atoms with Crippen molar-refractivity contribution < 1.29 is 13.2 Å². The number of sulfonamides is 1. The molecule has 0 aliphatic carbocycles. The molecule has 174 valence electrons. The fourth-order valence-corrected chi connectivity index (χ4v) is 6.06. The third-order valence-corrected chi connectivity index (χ3v) is 8.47. The van der Waals surface area contributed by atoms with E-state index in [1.54, 1.807) is 13.8 Å². The molecule has 0 radical (unpaired) electrons. The van der Waals surface area contributed by atoms with Crippen LogP contribution in [-0.2, 0) is 10.0 Å². The van der Waals surface area contributed by atoms with Crippen LogP contribution in [0.3, 0.4) is 0 Å². The van der Waals surface area contributed by atoms with Crippen LogP contribution in [0, 0.1) is 0 Å². The number of nitrogens with one attached hydrogen (secondary N) is 1. The molecule has 0 saturated carbocycles. The zero-order valence-electron chi connectivity index (χ0n) is 18.9. The largest absolute Gasteiger partial charge is 0.298 e. The Balaban J connectivity index is 1.61. The SMILES string of the molecule is CCN(CC)S(=O)(=O)c1ccc(C(=O)Nc2nc(-c3ccccc3)c(-c3ccccc3)s2)cc1. The van der Waals surface area contributed by atoms with E-state index in [4.69, 9.17) is 4.98 Å². The predicted molar refractivity (Wildman–Crippen MR) is 137 cm³/mol. The Labute approximate surface area is 204 Å². The van der Waals surface area contributed by atoms with Crippen molar-refractivity contribution in [3.63, 3.8) is 0 Å². The van der Waals surface area contributed by atoms with Crippen LogP contribution in [0.25, 0.3) is 21.7 Å². The van der Waals surface area contributed by atoms with Gasteiger partial charge in [0.1, 0.15) is 0 Å². The zero-order valence-corrected chi connectivity index (χ0v) is 20.6. The molecule has 4 rings (SSSR count). The Morgan fingerprint density at radius 2 is 1.41 bits per heavy atom. The third kappa shape index (κ3) is 4.94. The quantitative estimate of drug-likeness (QED) is 0.340. The standard InChI is InChI=1S/C26H25N3O3S2/c1-3-29(4-2)34(31,32)22-17-15-21(16-18-22)25(30)28-26-27-23(19-11-7-5-8-12-19)24(33-26)20-13-9-6-10-14-20/h5-18H,3-4H2,1-2H3,(H,27,28,30). The van der Waals surface area contributed by atoms with Gasteiger partial charge in [-0.15, -0.1) is 0 Å². The molecular weight excluding hydrogens is 466 g/mol. The van der Waals surface area contributed by atoms with Gasteiger partial charge in [0, 0.05) is 24.2 Å². The molecule has 0 aliphatic heterocycles. The van der Waals surface area contributed by atoms with Gasteiger partial charge < -0.3 is 0 Å². The Kier molecular flexibility index (Phi) is 7.21. The van der Waals surface area contributed by atoms with E-state index in [0.717, 1.165) is 21.7 Å². The summed E-state index contributed by atoms with van der Waals surface area (Å²) < 4.78 is 26.8. The molecule has 0 fully saturated rings. The maximum Gasteiger partial charge on any atom is 0.257 e. The summed E-state index contributed by atoms with van der Waals surface area (Å²) >= 11 is 1.40. The molecular formula is C26H25N3O3S2. The number of thiazole rings is 1. The van der Waals surface area contributed by atoms with E-state index in [2.05, 4.69) is 5.32 Å². The first-order valence-electron chi connectivity index (χ1n) is 11.0. The van der Waals surface area contributed by atoms with Gasteiger partial charge in [-0.25, -0.2) is 13.4 Å². The number of carbonyl (C=O) groups is 1. The number of anilines is 1. The summed E-state index contributed by atoms with van der Waals surface area (Å²) in [7, 11) is -3.57. The topological polar surface area (TPSA) is 79.4 Å². The van der Waals surface area contributed by atoms with E-state index in [1.165, 1.54) is 39.9 Å². The van der Waals surface area contributed by atoms with Crippen molar-refractivity contribution in [2.75, 3.05) is 18.4 Å². The third-order valence-electron chi connectivity index (χ3n) is 5.39. The number of hydrogen-bond donors (Lipinski definition) is 1. The Hall–Kier alpha value is -3.33. The molecule has 1 aromatic heterocycles. The maximum absolute atomic E-state index is 12.9. The van der Waals surface area contributed by atoms with Crippen molar-refractivity contribution in [2.45, 2.75) is 18.7 Å². The highest BCUT2D eigenvalue weighted by Gasteiger charge is 2.22.